The summed E-state index contributed by atoms with van der Waals surface area (Å²) in [5.41, 5.74) is 1.69. The van der Waals surface area contributed by atoms with Crippen LogP contribution in [0.2, 0.25) is 0 Å². The van der Waals surface area contributed by atoms with Crippen molar-refractivity contribution in [2.45, 2.75) is 6.92 Å². The van der Waals surface area contributed by atoms with Crippen molar-refractivity contribution in [2.75, 3.05) is 45.2 Å². The van der Waals surface area contributed by atoms with Gasteiger partial charge in [0.1, 0.15) is 0 Å². The molecule has 3 N–H and O–H groups in total. The predicted molar refractivity (Wildman–Crippen MR) is 77.5 cm³/mol. The minimum atomic E-state index is 0.0379. The molecule has 0 aliphatic rings. The van der Waals surface area contributed by atoms with Crippen molar-refractivity contribution in [3.8, 4) is 0 Å². The number of benzene rings is 1. The first-order valence-electron chi connectivity index (χ1n) is 6.61. The molecule has 0 aliphatic heterocycles. The predicted octanol–water partition coefficient (Wildman–Crippen LogP) is 0.772. The Morgan fingerprint density at radius 3 is 2.47 bits per heavy atom. The molecule has 0 aromatic heterocycles. The fraction of sp³-hybridized carbons (Fsp3) is 0.500. The Labute approximate surface area is 114 Å². The second-order valence-electron chi connectivity index (χ2n) is 4.19. The van der Waals surface area contributed by atoms with Crippen LogP contribution >= 0.6 is 0 Å². The zero-order valence-electron chi connectivity index (χ0n) is 11.6. The van der Waals surface area contributed by atoms with Gasteiger partial charge in [-0.1, -0.05) is 0 Å². The Balaban J connectivity index is 2.56. The summed E-state index contributed by atoms with van der Waals surface area (Å²) in [6, 6.07) is 7.45. The van der Waals surface area contributed by atoms with Crippen LogP contribution in [0.25, 0.3) is 0 Å². The van der Waals surface area contributed by atoms with Gasteiger partial charge < -0.3 is 20.6 Å². The largest absolute Gasteiger partial charge is 0.395 e. The minimum Gasteiger partial charge on any atom is -0.395 e. The lowest BCUT2D eigenvalue weighted by atomic mass is 10.2. The SMILES string of the molecule is CCN(CCNCCO)C(=O)c1ccc(NC)cc1. The van der Waals surface area contributed by atoms with Gasteiger partial charge in [-0.25, -0.2) is 0 Å². The third kappa shape index (κ3) is 4.89. The van der Waals surface area contributed by atoms with Crippen LogP contribution in [-0.2, 0) is 0 Å². The molecule has 5 heteroatoms. The summed E-state index contributed by atoms with van der Waals surface area (Å²) in [6.45, 7) is 4.64. The van der Waals surface area contributed by atoms with Gasteiger partial charge in [-0.2, -0.15) is 0 Å². The Hall–Kier alpha value is -1.59. The van der Waals surface area contributed by atoms with E-state index >= 15 is 0 Å². The number of carbonyl (C=O) groups is 1. The third-order valence-corrected chi connectivity index (χ3v) is 2.94. The van der Waals surface area contributed by atoms with E-state index < -0.39 is 0 Å². The van der Waals surface area contributed by atoms with Crippen LogP contribution in [-0.4, -0.2) is 55.7 Å². The fourth-order valence-electron chi connectivity index (χ4n) is 1.78. The number of nitrogens with one attached hydrogen (secondary N) is 2. The van der Waals surface area contributed by atoms with Gasteiger partial charge in [0.05, 0.1) is 6.61 Å². The van der Waals surface area contributed by atoms with E-state index in [1.54, 1.807) is 4.90 Å². The average Bonchev–Trinajstić information content (AvgIpc) is 2.47. The van der Waals surface area contributed by atoms with E-state index in [4.69, 9.17) is 5.11 Å². The first kappa shape index (κ1) is 15.5. The normalized spacial score (nSPS) is 10.3. The van der Waals surface area contributed by atoms with Gasteiger partial charge in [0.25, 0.3) is 5.91 Å². The van der Waals surface area contributed by atoms with Crippen LogP contribution in [0.4, 0.5) is 5.69 Å². The molecule has 1 rings (SSSR count). The summed E-state index contributed by atoms with van der Waals surface area (Å²) < 4.78 is 0. The number of hydrogen-bond donors (Lipinski definition) is 3. The van der Waals surface area contributed by atoms with E-state index in [-0.39, 0.29) is 12.5 Å². The molecule has 0 saturated heterocycles. The first-order chi connectivity index (χ1) is 9.22. The maximum absolute atomic E-state index is 12.3. The molecule has 0 atom stereocenters. The molecule has 5 nitrogen and oxygen atoms in total. The van der Waals surface area contributed by atoms with E-state index in [1.807, 2.05) is 38.2 Å². The van der Waals surface area contributed by atoms with Crippen molar-refractivity contribution < 1.29 is 9.90 Å². The van der Waals surface area contributed by atoms with E-state index in [1.165, 1.54) is 0 Å². The smallest absolute Gasteiger partial charge is 0.253 e. The number of likely N-dealkylation sites (N-methyl/N-ethyl adjacent to an activating group) is 1. The van der Waals surface area contributed by atoms with Gasteiger partial charge in [-0.15, -0.1) is 0 Å². The van der Waals surface area contributed by atoms with E-state index in [0.717, 1.165) is 5.69 Å². The molecule has 19 heavy (non-hydrogen) atoms. The zero-order chi connectivity index (χ0) is 14.1. The van der Waals surface area contributed by atoms with Crippen molar-refractivity contribution in [1.29, 1.82) is 0 Å². The second-order valence-corrected chi connectivity index (χ2v) is 4.19. The highest BCUT2D eigenvalue weighted by atomic mass is 16.3. The van der Waals surface area contributed by atoms with Crippen LogP contribution in [0.3, 0.4) is 0 Å². The summed E-state index contributed by atoms with van der Waals surface area (Å²) in [5.74, 6) is 0.0379. The third-order valence-electron chi connectivity index (χ3n) is 2.94. The molecular weight excluding hydrogens is 242 g/mol. The van der Waals surface area contributed by atoms with Crippen molar-refractivity contribution in [2.24, 2.45) is 0 Å². The molecule has 1 amide bonds. The number of aliphatic hydroxyl groups is 1. The second kappa shape index (κ2) is 8.50. The standard InChI is InChI=1S/C14H23N3O2/c1-3-17(10-8-16-9-11-18)14(19)12-4-6-13(15-2)7-5-12/h4-7,15-16,18H,3,8-11H2,1-2H3. The summed E-state index contributed by atoms with van der Waals surface area (Å²) in [5, 5.41) is 14.8. The molecule has 106 valence electrons. The first-order valence-corrected chi connectivity index (χ1v) is 6.61. The minimum absolute atomic E-state index is 0.0379. The molecule has 0 spiro atoms. The number of aliphatic hydroxyl groups excluding tert-OH is 1. The van der Waals surface area contributed by atoms with Crippen LogP contribution in [0.5, 0.6) is 0 Å². The quantitative estimate of drug-likeness (QED) is 0.608. The molecular formula is C14H23N3O2. The van der Waals surface area contributed by atoms with Gasteiger partial charge in [-0.3, -0.25) is 4.79 Å². The highest BCUT2D eigenvalue weighted by Crippen LogP contribution is 2.10. The van der Waals surface area contributed by atoms with Gasteiger partial charge in [-0.05, 0) is 31.2 Å². The Morgan fingerprint density at radius 2 is 1.95 bits per heavy atom. The average molecular weight is 265 g/mol. The number of anilines is 1. The topological polar surface area (TPSA) is 64.6 Å². The molecule has 0 aliphatic carbocycles. The van der Waals surface area contributed by atoms with Crippen molar-refractivity contribution in [3.05, 3.63) is 29.8 Å². The number of hydrogen-bond acceptors (Lipinski definition) is 4. The van der Waals surface area contributed by atoms with E-state index in [2.05, 4.69) is 10.6 Å². The molecule has 1 aromatic rings. The molecule has 0 radical (unpaired) electrons. The summed E-state index contributed by atoms with van der Waals surface area (Å²) >= 11 is 0. The van der Waals surface area contributed by atoms with Gasteiger partial charge in [0, 0.05) is 44.5 Å². The summed E-state index contributed by atoms with van der Waals surface area (Å²) in [7, 11) is 1.85. The number of nitrogens with zero attached hydrogens (tertiary/aromatic N) is 1. The lowest BCUT2D eigenvalue weighted by Crippen LogP contribution is -2.37. The van der Waals surface area contributed by atoms with Crippen LogP contribution in [0, 0.1) is 0 Å². The maximum Gasteiger partial charge on any atom is 0.253 e. The number of carbonyl (C=O) groups excluding carboxylic acids is 1. The number of rotatable bonds is 8. The van der Waals surface area contributed by atoms with Crippen molar-refractivity contribution >= 4 is 11.6 Å². The highest BCUT2D eigenvalue weighted by molar-refractivity contribution is 5.94. The van der Waals surface area contributed by atoms with E-state index in [0.29, 0.717) is 31.7 Å². The Kier molecular flexibility index (Phi) is 6.92. The van der Waals surface area contributed by atoms with Crippen LogP contribution in [0.15, 0.2) is 24.3 Å². The molecule has 1 aromatic carbocycles. The Bertz CT molecular complexity index is 379. The van der Waals surface area contributed by atoms with E-state index in [9.17, 15) is 4.79 Å². The van der Waals surface area contributed by atoms with Crippen LogP contribution in [0.1, 0.15) is 17.3 Å². The molecule has 0 fully saturated rings. The molecule has 0 saturated carbocycles. The zero-order valence-corrected chi connectivity index (χ0v) is 11.6. The van der Waals surface area contributed by atoms with Gasteiger partial charge in [0.2, 0.25) is 0 Å². The lowest BCUT2D eigenvalue weighted by molar-refractivity contribution is 0.0765. The van der Waals surface area contributed by atoms with Crippen molar-refractivity contribution in [3.63, 3.8) is 0 Å². The highest BCUT2D eigenvalue weighted by Gasteiger charge is 2.13. The van der Waals surface area contributed by atoms with Gasteiger partial charge >= 0.3 is 0 Å². The molecule has 0 bridgehead atoms. The fourth-order valence-corrected chi connectivity index (χ4v) is 1.78. The lowest BCUT2D eigenvalue weighted by Gasteiger charge is -2.21. The summed E-state index contributed by atoms with van der Waals surface area (Å²) in [6.07, 6.45) is 0. The maximum atomic E-state index is 12.3. The van der Waals surface area contributed by atoms with Crippen LogP contribution < -0.4 is 10.6 Å². The number of amides is 1. The van der Waals surface area contributed by atoms with Crippen molar-refractivity contribution in [1.82, 2.24) is 10.2 Å². The Morgan fingerprint density at radius 1 is 1.26 bits per heavy atom. The monoisotopic (exact) mass is 265 g/mol. The summed E-state index contributed by atoms with van der Waals surface area (Å²) in [4.78, 5) is 14.1. The molecule has 0 heterocycles. The molecule has 0 unspecified atom stereocenters. The van der Waals surface area contributed by atoms with Gasteiger partial charge in [0.15, 0.2) is 0 Å².